The molecule has 2 aromatic carbocycles. The Bertz CT molecular complexity index is 616. The quantitative estimate of drug-likeness (QED) is 0.677. The summed E-state index contributed by atoms with van der Waals surface area (Å²) in [6.07, 6.45) is 1.59. The Labute approximate surface area is 124 Å². The number of para-hydroxylation sites is 1. The van der Waals surface area contributed by atoms with Gasteiger partial charge in [0, 0.05) is 0 Å². The van der Waals surface area contributed by atoms with Gasteiger partial charge in [-0.1, -0.05) is 48.5 Å². The van der Waals surface area contributed by atoms with Crippen molar-refractivity contribution in [3.63, 3.8) is 0 Å². The van der Waals surface area contributed by atoms with E-state index < -0.39 is 0 Å². The smallest absolute Gasteiger partial charge is 0.277 e. The highest BCUT2D eigenvalue weighted by Crippen LogP contribution is 2.21. The van der Waals surface area contributed by atoms with Crippen LogP contribution in [0.4, 0.5) is 0 Å². The number of benzene rings is 2. The third-order valence-corrected chi connectivity index (χ3v) is 2.96. The molecule has 21 heavy (non-hydrogen) atoms. The molecule has 4 heteroatoms. The van der Waals surface area contributed by atoms with Crippen LogP contribution in [0, 0.1) is 13.8 Å². The molecule has 0 saturated heterocycles. The monoisotopic (exact) mass is 282 g/mol. The summed E-state index contributed by atoms with van der Waals surface area (Å²) in [7, 11) is 0. The highest BCUT2D eigenvalue weighted by Gasteiger charge is 2.06. The van der Waals surface area contributed by atoms with E-state index in [9.17, 15) is 4.79 Å². The first kappa shape index (κ1) is 14.8. The minimum Gasteiger partial charge on any atom is -0.483 e. The zero-order valence-corrected chi connectivity index (χ0v) is 12.2. The molecule has 1 N–H and O–H groups in total. The number of amides is 1. The van der Waals surface area contributed by atoms with E-state index in [1.165, 1.54) is 0 Å². The van der Waals surface area contributed by atoms with Crippen LogP contribution in [0.25, 0.3) is 0 Å². The van der Waals surface area contributed by atoms with Crippen LogP contribution in [0.3, 0.4) is 0 Å². The van der Waals surface area contributed by atoms with Crippen molar-refractivity contribution in [3.8, 4) is 5.75 Å². The number of rotatable bonds is 5. The van der Waals surface area contributed by atoms with Crippen LogP contribution in [0.5, 0.6) is 5.75 Å². The first-order valence-electron chi connectivity index (χ1n) is 6.73. The van der Waals surface area contributed by atoms with Gasteiger partial charge < -0.3 is 4.74 Å². The lowest BCUT2D eigenvalue weighted by Gasteiger charge is -2.10. The van der Waals surface area contributed by atoms with Crippen molar-refractivity contribution in [3.05, 3.63) is 65.2 Å². The largest absolute Gasteiger partial charge is 0.483 e. The van der Waals surface area contributed by atoms with E-state index in [1.54, 1.807) is 6.21 Å². The second-order valence-corrected chi connectivity index (χ2v) is 4.71. The molecule has 0 heterocycles. The van der Waals surface area contributed by atoms with Crippen molar-refractivity contribution < 1.29 is 9.53 Å². The Morgan fingerprint density at radius 1 is 1.10 bits per heavy atom. The molecule has 2 rings (SSSR count). The van der Waals surface area contributed by atoms with Crippen molar-refractivity contribution in [1.29, 1.82) is 0 Å². The van der Waals surface area contributed by atoms with Gasteiger partial charge in [-0.2, -0.15) is 5.10 Å². The van der Waals surface area contributed by atoms with E-state index in [-0.39, 0.29) is 12.5 Å². The molecule has 0 aliphatic carbocycles. The van der Waals surface area contributed by atoms with Crippen LogP contribution < -0.4 is 10.2 Å². The van der Waals surface area contributed by atoms with Crippen molar-refractivity contribution in [2.24, 2.45) is 5.10 Å². The van der Waals surface area contributed by atoms with Gasteiger partial charge in [0.1, 0.15) is 5.75 Å². The van der Waals surface area contributed by atoms with E-state index >= 15 is 0 Å². The van der Waals surface area contributed by atoms with Crippen molar-refractivity contribution in [2.75, 3.05) is 6.61 Å². The number of hydrazone groups is 1. The normalized spacial score (nSPS) is 10.6. The van der Waals surface area contributed by atoms with Gasteiger partial charge >= 0.3 is 0 Å². The summed E-state index contributed by atoms with van der Waals surface area (Å²) < 4.78 is 5.55. The molecule has 4 nitrogen and oxygen atoms in total. The summed E-state index contributed by atoms with van der Waals surface area (Å²) in [5.74, 6) is 0.463. The molecular weight excluding hydrogens is 264 g/mol. The van der Waals surface area contributed by atoms with Crippen LogP contribution in [0.1, 0.15) is 16.7 Å². The van der Waals surface area contributed by atoms with E-state index in [4.69, 9.17) is 4.74 Å². The maximum Gasteiger partial charge on any atom is 0.277 e. The summed E-state index contributed by atoms with van der Waals surface area (Å²) >= 11 is 0. The fourth-order valence-electron chi connectivity index (χ4n) is 1.91. The summed E-state index contributed by atoms with van der Waals surface area (Å²) in [5, 5.41) is 3.89. The lowest BCUT2D eigenvalue weighted by molar-refractivity contribution is -0.123. The second kappa shape index (κ2) is 7.24. The molecule has 0 bridgehead atoms. The lowest BCUT2D eigenvalue weighted by Crippen LogP contribution is -2.25. The third kappa shape index (κ3) is 4.45. The van der Waals surface area contributed by atoms with Gasteiger partial charge in [-0.05, 0) is 30.5 Å². The zero-order valence-electron chi connectivity index (χ0n) is 12.2. The first-order valence-corrected chi connectivity index (χ1v) is 6.73. The molecule has 2 aromatic rings. The topological polar surface area (TPSA) is 50.7 Å². The van der Waals surface area contributed by atoms with E-state index in [1.807, 2.05) is 62.4 Å². The predicted molar refractivity (Wildman–Crippen MR) is 83.6 cm³/mol. The zero-order chi connectivity index (χ0) is 15.1. The Kier molecular flexibility index (Phi) is 5.10. The molecule has 0 spiro atoms. The molecule has 0 fully saturated rings. The highest BCUT2D eigenvalue weighted by atomic mass is 16.5. The van der Waals surface area contributed by atoms with Crippen LogP contribution in [0.2, 0.25) is 0 Å². The van der Waals surface area contributed by atoms with Crippen molar-refractivity contribution >= 4 is 12.1 Å². The molecule has 0 saturated carbocycles. The number of hydrogen-bond acceptors (Lipinski definition) is 3. The van der Waals surface area contributed by atoms with Gasteiger partial charge in [-0.3, -0.25) is 4.79 Å². The number of aryl methyl sites for hydroxylation is 2. The van der Waals surface area contributed by atoms with Gasteiger partial charge in [-0.25, -0.2) is 5.43 Å². The summed E-state index contributed by atoms with van der Waals surface area (Å²) in [4.78, 5) is 11.7. The Balaban J connectivity index is 1.84. The average Bonchev–Trinajstić information content (AvgIpc) is 2.48. The van der Waals surface area contributed by atoms with E-state index in [0.717, 1.165) is 22.4 Å². The maximum absolute atomic E-state index is 11.7. The Morgan fingerprint density at radius 3 is 2.43 bits per heavy atom. The second-order valence-electron chi connectivity index (χ2n) is 4.71. The van der Waals surface area contributed by atoms with Gasteiger partial charge in [0.25, 0.3) is 5.91 Å². The number of hydrogen-bond donors (Lipinski definition) is 1. The van der Waals surface area contributed by atoms with Gasteiger partial charge in [0.2, 0.25) is 0 Å². The van der Waals surface area contributed by atoms with Gasteiger partial charge in [0.05, 0.1) is 6.21 Å². The molecule has 0 aliphatic heterocycles. The molecule has 0 unspecified atom stereocenters. The third-order valence-electron chi connectivity index (χ3n) is 2.96. The van der Waals surface area contributed by atoms with Gasteiger partial charge in [0.15, 0.2) is 6.61 Å². The number of carbonyl (C=O) groups excluding carboxylic acids is 1. The fourth-order valence-corrected chi connectivity index (χ4v) is 1.91. The lowest BCUT2D eigenvalue weighted by atomic mass is 10.1. The first-order chi connectivity index (χ1) is 10.2. The molecule has 0 atom stereocenters. The van der Waals surface area contributed by atoms with Crippen molar-refractivity contribution in [1.82, 2.24) is 5.43 Å². The fraction of sp³-hybridized carbons (Fsp3) is 0.176. The molecule has 108 valence electrons. The Morgan fingerprint density at radius 2 is 1.76 bits per heavy atom. The minimum absolute atomic E-state index is 0.0577. The molecule has 1 amide bonds. The van der Waals surface area contributed by atoms with Crippen LogP contribution >= 0.6 is 0 Å². The van der Waals surface area contributed by atoms with Crippen LogP contribution in [0.15, 0.2) is 53.6 Å². The molecular formula is C17H18N2O2. The number of nitrogens with zero attached hydrogens (tertiary/aromatic N) is 1. The van der Waals surface area contributed by atoms with E-state index in [0.29, 0.717) is 0 Å². The SMILES string of the molecule is Cc1cccc(C)c1OCC(=O)N/N=C\c1ccccc1. The minimum atomic E-state index is -0.287. The number of carbonyl (C=O) groups is 1. The molecule has 0 radical (unpaired) electrons. The van der Waals surface area contributed by atoms with Crippen LogP contribution in [-0.2, 0) is 4.79 Å². The molecule has 0 aromatic heterocycles. The maximum atomic E-state index is 11.7. The van der Waals surface area contributed by atoms with E-state index in [2.05, 4.69) is 10.5 Å². The standard InChI is InChI=1S/C17H18N2O2/c1-13-7-6-8-14(2)17(13)21-12-16(20)19-18-11-15-9-4-3-5-10-15/h3-11H,12H2,1-2H3,(H,19,20)/b18-11-. The van der Waals surface area contributed by atoms with Crippen LogP contribution in [-0.4, -0.2) is 18.7 Å². The van der Waals surface area contributed by atoms with Gasteiger partial charge in [-0.15, -0.1) is 0 Å². The summed E-state index contributed by atoms with van der Waals surface area (Å²) in [5.41, 5.74) is 5.39. The molecule has 0 aliphatic rings. The highest BCUT2D eigenvalue weighted by molar-refractivity contribution is 5.82. The summed E-state index contributed by atoms with van der Waals surface area (Å²) in [6, 6.07) is 15.4. The van der Waals surface area contributed by atoms with Crippen molar-refractivity contribution in [2.45, 2.75) is 13.8 Å². The Hall–Kier alpha value is -2.62. The predicted octanol–water partition coefficient (Wildman–Crippen LogP) is 2.83. The summed E-state index contributed by atoms with van der Waals surface area (Å²) in [6.45, 7) is 3.85. The number of ether oxygens (including phenoxy) is 1. The average molecular weight is 282 g/mol. The number of nitrogens with one attached hydrogen (secondary N) is 1.